The molecule has 7 heteroatoms. The van der Waals surface area contributed by atoms with Gasteiger partial charge in [0.25, 0.3) is 10.0 Å². The molecule has 0 bridgehead atoms. The van der Waals surface area contributed by atoms with E-state index in [0.29, 0.717) is 12.2 Å². The second-order valence-corrected chi connectivity index (χ2v) is 11.4. The number of nitrogens with zero attached hydrogens (tertiary/aromatic N) is 2. The molecule has 190 valence electrons. The number of carbonyl (C=O) groups excluding carboxylic acids is 1. The topological polar surface area (TPSA) is 69.7 Å². The summed E-state index contributed by atoms with van der Waals surface area (Å²) in [6, 6.07) is 22.0. The van der Waals surface area contributed by atoms with E-state index in [4.69, 9.17) is 0 Å². The normalized spacial score (nSPS) is 14.4. The van der Waals surface area contributed by atoms with E-state index in [-0.39, 0.29) is 17.3 Å². The molecule has 1 aliphatic heterocycles. The van der Waals surface area contributed by atoms with E-state index in [9.17, 15) is 13.2 Å². The van der Waals surface area contributed by atoms with Crippen molar-refractivity contribution in [3.63, 3.8) is 0 Å². The summed E-state index contributed by atoms with van der Waals surface area (Å²) in [5, 5.41) is 2.96. The maximum absolute atomic E-state index is 13.6. The zero-order valence-electron chi connectivity index (χ0n) is 21.1. The first-order chi connectivity index (χ1) is 17.3. The highest BCUT2D eigenvalue weighted by molar-refractivity contribution is 7.92. The van der Waals surface area contributed by atoms with Crippen molar-refractivity contribution in [3.05, 3.63) is 95.1 Å². The first-order valence-electron chi connectivity index (χ1n) is 12.5. The lowest BCUT2D eigenvalue weighted by Gasteiger charge is -2.27. The Morgan fingerprint density at radius 3 is 2.25 bits per heavy atom. The number of piperidine rings is 1. The van der Waals surface area contributed by atoms with Crippen LogP contribution in [0.3, 0.4) is 0 Å². The zero-order chi connectivity index (χ0) is 25.5. The second-order valence-electron chi connectivity index (χ2n) is 9.55. The van der Waals surface area contributed by atoms with E-state index in [0.717, 1.165) is 36.3 Å². The number of benzene rings is 3. The fraction of sp³-hybridized carbons (Fsp3) is 0.345. The van der Waals surface area contributed by atoms with Crippen molar-refractivity contribution in [2.45, 2.75) is 51.1 Å². The Morgan fingerprint density at radius 2 is 1.56 bits per heavy atom. The monoisotopic (exact) mass is 505 g/mol. The van der Waals surface area contributed by atoms with Crippen LogP contribution in [0.5, 0.6) is 0 Å². The van der Waals surface area contributed by atoms with Gasteiger partial charge in [0, 0.05) is 13.1 Å². The standard InChI is InChI=1S/C29H35N3O3S/c1-23-13-15-28(16-14-23)36(34,35)32(27-12-8-9-24(2)19-27)22-29(33)30-20-25-10-4-5-11-26(25)21-31-17-6-3-7-18-31/h4-5,8-16,19H,3,6-7,17-18,20-22H2,1-2H3,(H,30,33). The van der Waals surface area contributed by atoms with Crippen molar-refractivity contribution in [3.8, 4) is 0 Å². The molecule has 1 fully saturated rings. The van der Waals surface area contributed by atoms with Crippen molar-refractivity contribution < 1.29 is 13.2 Å². The first-order valence-corrected chi connectivity index (χ1v) is 14.0. The Morgan fingerprint density at radius 1 is 0.861 bits per heavy atom. The van der Waals surface area contributed by atoms with E-state index in [1.165, 1.54) is 29.1 Å². The van der Waals surface area contributed by atoms with Gasteiger partial charge in [0.1, 0.15) is 6.54 Å². The summed E-state index contributed by atoms with van der Waals surface area (Å²) in [7, 11) is -3.93. The fourth-order valence-corrected chi connectivity index (χ4v) is 5.97. The van der Waals surface area contributed by atoms with Gasteiger partial charge in [-0.3, -0.25) is 14.0 Å². The van der Waals surface area contributed by atoms with E-state index < -0.39 is 10.0 Å². The number of likely N-dealkylation sites (tertiary alicyclic amines) is 1. The van der Waals surface area contributed by atoms with E-state index >= 15 is 0 Å². The number of aryl methyl sites for hydroxylation is 2. The summed E-state index contributed by atoms with van der Waals surface area (Å²) in [4.78, 5) is 15.7. The first kappa shape index (κ1) is 25.9. The average Bonchev–Trinajstić information content (AvgIpc) is 2.87. The minimum absolute atomic E-state index is 0.161. The number of hydrogen-bond donors (Lipinski definition) is 1. The van der Waals surface area contributed by atoms with Gasteiger partial charge in [0.2, 0.25) is 5.91 Å². The van der Waals surface area contributed by atoms with Gasteiger partial charge >= 0.3 is 0 Å². The van der Waals surface area contributed by atoms with Crippen LogP contribution in [0.15, 0.2) is 77.7 Å². The van der Waals surface area contributed by atoms with Crippen LogP contribution in [0.25, 0.3) is 0 Å². The van der Waals surface area contributed by atoms with Gasteiger partial charge in [-0.2, -0.15) is 0 Å². The Kier molecular flexibility index (Phi) is 8.44. The number of nitrogens with one attached hydrogen (secondary N) is 1. The molecule has 3 aromatic rings. The predicted molar refractivity (Wildman–Crippen MR) is 144 cm³/mol. The lowest BCUT2D eigenvalue weighted by molar-refractivity contribution is -0.119. The molecule has 36 heavy (non-hydrogen) atoms. The largest absolute Gasteiger partial charge is 0.350 e. The summed E-state index contributed by atoms with van der Waals surface area (Å²) in [5.41, 5.74) is 4.61. The molecule has 1 amide bonds. The molecule has 0 aromatic heterocycles. The van der Waals surface area contributed by atoms with Crippen molar-refractivity contribution in [1.29, 1.82) is 0 Å². The zero-order valence-corrected chi connectivity index (χ0v) is 21.9. The fourth-order valence-electron chi connectivity index (χ4n) is 4.56. The number of hydrogen-bond acceptors (Lipinski definition) is 4. The molecule has 0 spiro atoms. The Balaban J connectivity index is 1.50. The van der Waals surface area contributed by atoms with Crippen molar-refractivity contribution in [1.82, 2.24) is 10.2 Å². The Hall–Kier alpha value is -3.16. The summed E-state index contributed by atoms with van der Waals surface area (Å²) in [6.45, 7) is 6.93. The molecule has 1 aliphatic rings. The van der Waals surface area contributed by atoms with Crippen molar-refractivity contribution in [2.75, 3.05) is 23.9 Å². The van der Waals surface area contributed by atoms with E-state index in [2.05, 4.69) is 16.3 Å². The van der Waals surface area contributed by atoms with Gasteiger partial charge in [0.15, 0.2) is 0 Å². The number of amides is 1. The molecule has 1 heterocycles. The minimum atomic E-state index is -3.93. The third kappa shape index (κ3) is 6.53. The summed E-state index contributed by atoms with van der Waals surface area (Å²) in [6.07, 6.45) is 3.74. The van der Waals surface area contributed by atoms with Crippen molar-refractivity contribution in [2.24, 2.45) is 0 Å². The highest BCUT2D eigenvalue weighted by Crippen LogP contribution is 2.25. The van der Waals surface area contributed by atoms with Gasteiger partial charge in [0.05, 0.1) is 10.6 Å². The third-order valence-electron chi connectivity index (χ3n) is 6.62. The third-order valence-corrected chi connectivity index (χ3v) is 8.41. The highest BCUT2D eigenvalue weighted by Gasteiger charge is 2.27. The van der Waals surface area contributed by atoms with E-state index in [1.807, 2.05) is 38.1 Å². The average molecular weight is 506 g/mol. The smallest absolute Gasteiger partial charge is 0.264 e. The summed E-state index contributed by atoms with van der Waals surface area (Å²) >= 11 is 0. The molecule has 0 unspecified atom stereocenters. The summed E-state index contributed by atoms with van der Waals surface area (Å²) in [5.74, 6) is -0.347. The lowest BCUT2D eigenvalue weighted by Crippen LogP contribution is -2.40. The number of anilines is 1. The Labute approximate surface area is 215 Å². The quantitative estimate of drug-likeness (QED) is 0.454. The van der Waals surface area contributed by atoms with Crippen LogP contribution in [0.4, 0.5) is 5.69 Å². The molecule has 0 saturated carbocycles. The van der Waals surface area contributed by atoms with E-state index in [1.54, 1.807) is 42.5 Å². The molecular weight excluding hydrogens is 470 g/mol. The molecular formula is C29H35N3O3S. The van der Waals surface area contributed by atoms with Crippen LogP contribution >= 0.6 is 0 Å². The predicted octanol–water partition coefficient (Wildman–Crippen LogP) is 4.80. The van der Waals surface area contributed by atoms with Gasteiger partial charge in [-0.25, -0.2) is 8.42 Å². The van der Waals surface area contributed by atoms with Gasteiger partial charge in [-0.05, 0) is 80.7 Å². The van der Waals surface area contributed by atoms with Crippen LogP contribution in [-0.2, 0) is 27.9 Å². The van der Waals surface area contributed by atoms with Crippen LogP contribution < -0.4 is 9.62 Å². The summed E-state index contributed by atoms with van der Waals surface area (Å²) < 4.78 is 28.4. The molecule has 1 saturated heterocycles. The maximum Gasteiger partial charge on any atom is 0.264 e. The van der Waals surface area contributed by atoms with Crippen LogP contribution in [0.1, 0.15) is 41.5 Å². The minimum Gasteiger partial charge on any atom is -0.350 e. The molecule has 0 radical (unpaired) electrons. The van der Waals surface area contributed by atoms with Gasteiger partial charge < -0.3 is 5.32 Å². The Bertz CT molecular complexity index is 1280. The molecule has 3 aromatic carbocycles. The highest BCUT2D eigenvalue weighted by atomic mass is 32.2. The second kappa shape index (κ2) is 11.7. The van der Waals surface area contributed by atoms with Gasteiger partial charge in [-0.15, -0.1) is 0 Å². The number of sulfonamides is 1. The molecule has 6 nitrogen and oxygen atoms in total. The van der Waals surface area contributed by atoms with Crippen molar-refractivity contribution >= 4 is 21.6 Å². The number of rotatable bonds is 9. The maximum atomic E-state index is 13.6. The molecule has 4 rings (SSSR count). The van der Waals surface area contributed by atoms with Crippen LogP contribution in [0, 0.1) is 13.8 Å². The van der Waals surface area contributed by atoms with Crippen LogP contribution in [-0.4, -0.2) is 38.9 Å². The number of carbonyl (C=O) groups is 1. The molecule has 1 N–H and O–H groups in total. The van der Waals surface area contributed by atoms with Gasteiger partial charge in [-0.1, -0.05) is 60.5 Å². The van der Waals surface area contributed by atoms with Crippen LogP contribution in [0.2, 0.25) is 0 Å². The molecule has 0 aliphatic carbocycles. The lowest BCUT2D eigenvalue weighted by atomic mass is 10.0. The molecule has 0 atom stereocenters. The SMILES string of the molecule is Cc1ccc(S(=O)(=O)N(CC(=O)NCc2ccccc2CN2CCCCC2)c2cccc(C)c2)cc1.